The van der Waals surface area contributed by atoms with Gasteiger partial charge in [-0.3, -0.25) is 0 Å². The predicted molar refractivity (Wildman–Crippen MR) is 70.2 cm³/mol. The Kier molecular flexibility index (Phi) is 4.16. The summed E-state index contributed by atoms with van der Waals surface area (Å²) in [5.74, 6) is -4.85. The van der Waals surface area contributed by atoms with Gasteiger partial charge in [-0.1, -0.05) is 36.4 Å². The Morgan fingerprint density at radius 3 is 2.10 bits per heavy atom. The van der Waals surface area contributed by atoms with Gasteiger partial charge in [-0.05, 0) is 23.8 Å². The molecule has 6 heteroatoms. The van der Waals surface area contributed by atoms with Gasteiger partial charge in [-0.15, -0.1) is 0 Å². The van der Waals surface area contributed by atoms with E-state index in [9.17, 15) is 22.0 Å². The van der Waals surface area contributed by atoms with Crippen LogP contribution in [0.2, 0.25) is 0 Å². The molecule has 0 bridgehead atoms. The van der Waals surface area contributed by atoms with E-state index in [0.717, 1.165) is 17.8 Å². The highest BCUT2D eigenvalue weighted by Crippen LogP contribution is 2.43. The van der Waals surface area contributed by atoms with E-state index >= 15 is 0 Å². The Morgan fingerprint density at radius 2 is 1.48 bits per heavy atom. The zero-order valence-corrected chi connectivity index (χ0v) is 10.8. The molecule has 0 amide bonds. The third kappa shape index (κ3) is 3.51. The summed E-state index contributed by atoms with van der Waals surface area (Å²) in [6.45, 7) is 0.159. The van der Waals surface area contributed by atoms with Crippen molar-refractivity contribution in [3.05, 3.63) is 65.7 Å². The lowest BCUT2D eigenvalue weighted by molar-refractivity contribution is -0.289. The summed E-state index contributed by atoms with van der Waals surface area (Å²) >= 11 is 0. The van der Waals surface area contributed by atoms with E-state index in [2.05, 4.69) is 5.32 Å². The second kappa shape index (κ2) is 5.71. The molecule has 1 N–H and O–H groups in total. The largest absolute Gasteiger partial charge is 0.458 e. The minimum Gasteiger partial charge on any atom is -0.381 e. The summed E-state index contributed by atoms with van der Waals surface area (Å²) in [6, 6.07) is 13.3. The Bertz CT molecular complexity index is 593. The first kappa shape index (κ1) is 15.3. The third-order valence-electron chi connectivity index (χ3n) is 2.92. The number of alkyl halides is 5. The van der Waals surface area contributed by atoms with Crippen LogP contribution in [0.15, 0.2) is 54.6 Å². The van der Waals surface area contributed by atoms with Crippen molar-refractivity contribution in [1.29, 1.82) is 0 Å². The van der Waals surface area contributed by atoms with Crippen molar-refractivity contribution < 1.29 is 22.0 Å². The number of nitrogens with one attached hydrogen (secondary N) is 1. The van der Waals surface area contributed by atoms with E-state index in [0.29, 0.717) is 5.56 Å². The Labute approximate surface area is 118 Å². The summed E-state index contributed by atoms with van der Waals surface area (Å²) < 4.78 is 63.5. The van der Waals surface area contributed by atoms with Crippen LogP contribution in [0.25, 0.3) is 0 Å². The highest BCUT2D eigenvalue weighted by Gasteiger charge is 2.58. The van der Waals surface area contributed by atoms with E-state index in [1.54, 1.807) is 24.3 Å². The molecule has 0 aliphatic heterocycles. The van der Waals surface area contributed by atoms with E-state index in [-0.39, 0.29) is 6.54 Å². The van der Waals surface area contributed by atoms with Gasteiger partial charge in [0.15, 0.2) is 0 Å². The topological polar surface area (TPSA) is 12.0 Å². The zero-order chi connectivity index (χ0) is 15.5. The Hall–Kier alpha value is -2.11. The minimum absolute atomic E-state index is 0.159. The number of hydrogen-bond acceptors (Lipinski definition) is 1. The fraction of sp³-hybridized carbons (Fsp3) is 0.200. The lowest BCUT2D eigenvalue weighted by Gasteiger charge is -2.20. The molecule has 0 unspecified atom stereocenters. The first-order valence-corrected chi connectivity index (χ1v) is 6.13. The molecule has 2 aromatic rings. The van der Waals surface area contributed by atoms with Crippen molar-refractivity contribution >= 4 is 5.69 Å². The minimum atomic E-state index is -5.60. The summed E-state index contributed by atoms with van der Waals surface area (Å²) in [5.41, 5.74) is 0.0492. The molecule has 2 rings (SSSR count). The summed E-state index contributed by atoms with van der Waals surface area (Å²) in [6.07, 6.45) is -5.60. The van der Waals surface area contributed by atoms with Crippen LogP contribution < -0.4 is 5.32 Å². The molecule has 0 fully saturated rings. The predicted octanol–water partition coefficient (Wildman–Crippen LogP) is 4.95. The summed E-state index contributed by atoms with van der Waals surface area (Å²) in [4.78, 5) is 0. The van der Waals surface area contributed by atoms with Crippen molar-refractivity contribution in [1.82, 2.24) is 0 Å². The van der Waals surface area contributed by atoms with Crippen LogP contribution in [-0.4, -0.2) is 6.18 Å². The monoisotopic (exact) mass is 301 g/mol. The van der Waals surface area contributed by atoms with Crippen molar-refractivity contribution in [2.24, 2.45) is 0 Å². The Morgan fingerprint density at radius 1 is 0.810 bits per heavy atom. The summed E-state index contributed by atoms with van der Waals surface area (Å²) in [7, 11) is 0. The van der Waals surface area contributed by atoms with Crippen LogP contribution in [0.4, 0.5) is 27.6 Å². The van der Waals surface area contributed by atoms with Crippen LogP contribution in [-0.2, 0) is 12.5 Å². The molecule has 0 aromatic heterocycles. The number of halogens is 5. The van der Waals surface area contributed by atoms with E-state index in [1.165, 1.54) is 12.1 Å². The van der Waals surface area contributed by atoms with Crippen molar-refractivity contribution in [2.75, 3.05) is 5.32 Å². The van der Waals surface area contributed by atoms with Gasteiger partial charge >= 0.3 is 12.1 Å². The first-order chi connectivity index (χ1) is 9.80. The highest BCUT2D eigenvalue weighted by atomic mass is 19.4. The third-order valence-corrected chi connectivity index (χ3v) is 2.92. The van der Waals surface area contributed by atoms with Gasteiger partial charge in [0.1, 0.15) is 0 Å². The maximum atomic E-state index is 13.3. The van der Waals surface area contributed by atoms with E-state index < -0.39 is 17.7 Å². The fourth-order valence-corrected chi connectivity index (χ4v) is 1.80. The zero-order valence-electron chi connectivity index (χ0n) is 10.8. The average molecular weight is 301 g/mol. The fourth-order valence-electron chi connectivity index (χ4n) is 1.80. The number of para-hydroxylation sites is 1. The van der Waals surface area contributed by atoms with Gasteiger partial charge in [0.05, 0.1) is 0 Å². The van der Waals surface area contributed by atoms with Gasteiger partial charge in [-0.2, -0.15) is 22.0 Å². The molecule has 1 nitrogen and oxygen atoms in total. The molecule has 0 aliphatic rings. The molecule has 2 aromatic carbocycles. The van der Waals surface area contributed by atoms with Crippen LogP contribution in [0.1, 0.15) is 11.1 Å². The maximum Gasteiger partial charge on any atom is 0.458 e. The maximum absolute atomic E-state index is 13.3. The van der Waals surface area contributed by atoms with Crippen molar-refractivity contribution in [3.63, 3.8) is 0 Å². The molecule has 0 radical (unpaired) electrons. The first-order valence-electron chi connectivity index (χ1n) is 6.13. The molecule has 0 spiro atoms. The smallest absolute Gasteiger partial charge is 0.381 e. The molecular formula is C15H12F5N. The van der Waals surface area contributed by atoms with Crippen LogP contribution in [0, 0.1) is 0 Å². The lowest BCUT2D eigenvalue weighted by Crippen LogP contribution is -2.33. The molecule has 21 heavy (non-hydrogen) atoms. The number of anilines is 1. The highest BCUT2D eigenvalue weighted by molar-refractivity contribution is 5.43. The molecule has 0 heterocycles. The Balaban J connectivity index is 2.15. The van der Waals surface area contributed by atoms with E-state index in [1.807, 2.05) is 6.07 Å². The van der Waals surface area contributed by atoms with Gasteiger partial charge in [0.25, 0.3) is 0 Å². The number of benzene rings is 2. The average Bonchev–Trinajstić information content (AvgIpc) is 2.45. The molecule has 0 saturated carbocycles. The van der Waals surface area contributed by atoms with Gasteiger partial charge in [0.2, 0.25) is 0 Å². The lowest BCUT2D eigenvalue weighted by atomic mass is 10.0. The molecule has 112 valence electrons. The van der Waals surface area contributed by atoms with Crippen LogP contribution in [0.5, 0.6) is 0 Å². The van der Waals surface area contributed by atoms with Crippen molar-refractivity contribution in [3.8, 4) is 0 Å². The quantitative estimate of drug-likeness (QED) is 0.788. The second-order valence-corrected chi connectivity index (χ2v) is 4.49. The molecule has 0 aliphatic carbocycles. The summed E-state index contributed by atoms with van der Waals surface area (Å²) in [5, 5.41) is 2.95. The van der Waals surface area contributed by atoms with Gasteiger partial charge in [-0.25, -0.2) is 0 Å². The molecule has 0 atom stereocenters. The van der Waals surface area contributed by atoms with Crippen molar-refractivity contribution in [2.45, 2.75) is 18.6 Å². The van der Waals surface area contributed by atoms with Gasteiger partial charge in [0, 0.05) is 17.8 Å². The van der Waals surface area contributed by atoms with E-state index in [4.69, 9.17) is 0 Å². The standard InChI is InChI=1S/C15H12F5N/c16-14(17,15(18,19)20)12-6-4-5-11(9-12)10-21-13-7-2-1-3-8-13/h1-9,21H,10H2. The van der Waals surface area contributed by atoms with Gasteiger partial charge < -0.3 is 5.32 Å². The van der Waals surface area contributed by atoms with Crippen LogP contribution in [0.3, 0.4) is 0 Å². The molecular weight excluding hydrogens is 289 g/mol. The second-order valence-electron chi connectivity index (χ2n) is 4.49. The normalized spacial score (nSPS) is 12.2. The number of rotatable bonds is 4. The number of hydrogen-bond donors (Lipinski definition) is 1. The SMILES string of the molecule is FC(F)(F)C(F)(F)c1cccc(CNc2ccccc2)c1. The molecule has 0 saturated heterocycles. The van der Waals surface area contributed by atoms with Crippen LogP contribution >= 0.6 is 0 Å².